The molecule has 0 spiro atoms. The van der Waals surface area contributed by atoms with Crippen molar-refractivity contribution in [3.05, 3.63) is 50.7 Å². The highest BCUT2D eigenvalue weighted by Gasteiger charge is 2.18. The van der Waals surface area contributed by atoms with Crippen molar-refractivity contribution in [3.8, 4) is 0 Å². The van der Waals surface area contributed by atoms with E-state index in [1.54, 1.807) is 0 Å². The number of carbonyl (C=O) groups excluding carboxylic acids is 1. The number of fused-ring (bicyclic) bond motifs is 1. The zero-order chi connectivity index (χ0) is 17.8. The van der Waals surface area contributed by atoms with Crippen LogP contribution in [0.1, 0.15) is 41.5 Å². The van der Waals surface area contributed by atoms with Gasteiger partial charge in [-0.25, -0.2) is 0 Å². The minimum Gasteiger partial charge on any atom is -0.346 e. The van der Waals surface area contributed by atoms with Crippen LogP contribution in [0, 0.1) is 0 Å². The van der Waals surface area contributed by atoms with Crippen molar-refractivity contribution >= 4 is 17.5 Å². The molecule has 134 valence electrons. The fraction of sp³-hybridized carbons (Fsp3) is 0.471. The third-order valence-corrected chi connectivity index (χ3v) is 4.59. The van der Waals surface area contributed by atoms with Crippen LogP contribution in [-0.4, -0.2) is 38.7 Å². The third-order valence-electron chi connectivity index (χ3n) is 4.31. The number of unbranched alkanes of at least 4 members (excludes halogenated alkanes) is 1. The van der Waals surface area contributed by atoms with Crippen LogP contribution in [0.3, 0.4) is 0 Å². The highest BCUT2D eigenvalue weighted by molar-refractivity contribution is 6.30. The molecule has 0 aromatic carbocycles. The molecule has 2 N–H and O–H groups in total. The van der Waals surface area contributed by atoms with Gasteiger partial charge in [0.25, 0.3) is 11.5 Å². The number of nitrogens with zero attached hydrogens (tertiary/aromatic N) is 3. The van der Waals surface area contributed by atoms with Crippen LogP contribution in [-0.2, 0) is 19.6 Å². The van der Waals surface area contributed by atoms with Gasteiger partial charge in [0.2, 0.25) is 0 Å². The molecule has 1 aliphatic heterocycles. The van der Waals surface area contributed by atoms with Crippen LogP contribution >= 0.6 is 11.6 Å². The predicted molar refractivity (Wildman–Crippen MR) is 95.7 cm³/mol. The maximum absolute atomic E-state index is 12.2. The van der Waals surface area contributed by atoms with Crippen LogP contribution in [0.15, 0.2) is 23.1 Å². The Hall–Kier alpha value is -2.12. The van der Waals surface area contributed by atoms with Crippen LogP contribution in [0.5, 0.6) is 0 Å². The van der Waals surface area contributed by atoms with E-state index >= 15 is 0 Å². The zero-order valence-corrected chi connectivity index (χ0v) is 15.0. The Morgan fingerprint density at radius 1 is 1.40 bits per heavy atom. The van der Waals surface area contributed by atoms with Crippen LogP contribution in [0.25, 0.3) is 0 Å². The SMILES string of the molecule is CCCCN1CCn2nc(CNC(=O)c3c[nH]c(=O)c(Cl)c3)cc2C1. The summed E-state index contributed by atoms with van der Waals surface area (Å²) >= 11 is 5.75. The van der Waals surface area contributed by atoms with Crippen LogP contribution in [0.4, 0.5) is 0 Å². The van der Waals surface area contributed by atoms with Gasteiger partial charge in [-0.1, -0.05) is 24.9 Å². The second-order valence-corrected chi connectivity index (χ2v) is 6.64. The first kappa shape index (κ1) is 17.7. The number of nitrogens with one attached hydrogen (secondary N) is 2. The molecule has 0 fully saturated rings. The number of H-pyrrole nitrogens is 1. The highest BCUT2D eigenvalue weighted by atomic mass is 35.5. The molecular weight excluding hydrogens is 342 g/mol. The van der Waals surface area contributed by atoms with Crippen molar-refractivity contribution in [1.82, 2.24) is 25.0 Å². The molecule has 2 aromatic heterocycles. The van der Waals surface area contributed by atoms with E-state index < -0.39 is 5.56 Å². The number of hydrogen-bond acceptors (Lipinski definition) is 4. The number of halogens is 1. The maximum atomic E-state index is 12.2. The molecule has 0 saturated carbocycles. The van der Waals surface area contributed by atoms with Gasteiger partial charge >= 0.3 is 0 Å². The lowest BCUT2D eigenvalue weighted by atomic mass is 10.2. The van der Waals surface area contributed by atoms with Crippen molar-refractivity contribution in [1.29, 1.82) is 0 Å². The summed E-state index contributed by atoms with van der Waals surface area (Å²) in [5.74, 6) is -0.298. The van der Waals surface area contributed by atoms with E-state index in [9.17, 15) is 9.59 Å². The van der Waals surface area contributed by atoms with Crippen molar-refractivity contribution in [2.75, 3.05) is 13.1 Å². The lowest BCUT2D eigenvalue weighted by Gasteiger charge is -2.27. The second kappa shape index (κ2) is 7.84. The Morgan fingerprint density at radius 2 is 2.24 bits per heavy atom. The summed E-state index contributed by atoms with van der Waals surface area (Å²) in [5.41, 5.74) is 1.92. The van der Waals surface area contributed by atoms with Crippen LogP contribution < -0.4 is 10.9 Å². The van der Waals surface area contributed by atoms with Gasteiger partial charge in [-0.15, -0.1) is 0 Å². The van der Waals surface area contributed by atoms with E-state index in [1.165, 1.54) is 30.8 Å². The smallest absolute Gasteiger partial charge is 0.266 e. The van der Waals surface area contributed by atoms with Crippen molar-refractivity contribution < 1.29 is 4.79 Å². The number of hydrogen-bond donors (Lipinski definition) is 2. The molecule has 0 saturated heterocycles. The molecule has 0 bridgehead atoms. The summed E-state index contributed by atoms with van der Waals surface area (Å²) in [6.07, 6.45) is 3.76. The third kappa shape index (κ3) is 4.29. The number of aromatic nitrogens is 3. The van der Waals surface area contributed by atoms with Gasteiger partial charge in [0.1, 0.15) is 5.02 Å². The monoisotopic (exact) mass is 363 g/mol. The van der Waals surface area contributed by atoms with Gasteiger partial charge in [-0.3, -0.25) is 19.2 Å². The summed E-state index contributed by atoms with van der Waals surface area (Å²) in [6, 6.07) is 3.40. The van der Waals surface area contributed by atoms with Gasteiger partial charge < -0.3 is 10.3 Å². The number of carbonyl (C=O) groups is 1. The maximum Gasteiger partial charge on any atom is 0.266 e. The van der Waals surface area contributed by atoms with Crippen molar-refractivity contribution in [2.24, 2.45) is 0 Å². The fourth-order valence-electron chi connectivity index (χ4n) is 2.90. The molecule has 7 nitrogen and oxygen atoms in total. The lowest BCUT2D eigenvalue weighted by Crippen LogP contribution is -2.34. The highest BCUT2D eigenvalue weighted by Crippen LogP contribution is 2.14. The number of amides is 1. The summed E-state index contributed by atoms with van der Waals surface area (Å²) < 4.78 is 2.01. The second-order valence-electron chi connectivity index (χ2n) is 6.23. The number of rotatable bonds is 6. The van der Waals surface area contributed by atoms with Gasteiger partial charge in [0, 0.05) is 19.3 Å². The quantitative estimate of drug-likeness (QED) is 0.819. The summed E-state index contributed by atoms with van der Waals surface area (Å²) in [4.78, 5) is 28.3. The van der Waals surface area contributed by atoms with Gasteiger partial charge in [-0.2, -0.15) is 5.10 Å². The average molecular weight is 364 g/mol. The molecule has 25 heavy (non-hydrogen) atoms. The van der Waals surface area contributed by atoms with Gasteiger partial charge in [0.05, 0.1) is 30.0 Å². The fourth-order valence-corrected chi connectivity index (χ4v) is 3.07. The zero-order valence-electron chi connectivity index (χ0n) is 14.2. The summed E-state index contributed by atoms with van der Waals surface area (Å²) in [5, 5.41) is 7.36. The van der Waals surface area contributed by atoms with E-state index in [0.717, 1.165) is 31.9 Å². The van der Waals surface area contributed by atoms with Gasteiger partial charge in [-0.05, 0) is 25.1 Å². The Labute approximate surface area is 151 Å². The first-order chi connectivity index (χ1) is 12.1. The minimum atomic E-state index is -0.410. The first-order valence-electron chi connectivity index (χ1n) is 8.51. The number of pyridine rings is 1. The Morgan fingerprint density at radius 3 is 3.00 bits per heavy atom. The van der Waals surface area contributed by atoms with Gasteiger partial charge in [0.15, 0.2) is 0 Å². The molecule has 0 atom stereocenters. The van der Waals surface area contributed by atoms with Crippen molar-refractivity contribution in [3.63, 3.8) is 0 Å². The minimum absolute atomic E-state index is 0.00252. The van der Waals surface area contributed by atoms with Crippen LogP contribution in [0.2, 0.25) is 5.02 Å². The summed E-state index contributed by atoms with van der Waals surface area (Å²) in [7, 11) is 0. The molecule has 0 radical (unpaired) electrons. The van der Waals surface area contributed by atoms with E-state index in [0.29, 0.717) is 12.1 Å². The molecule has 0 unspecified atom stereocenters. The predicted octanol–water partition coefficient (Wildman–Crippen LogP) is 1.77. The average Bonchev–Trinajstić information content (AvgIpc) is 3.02. The summed E-state index contributed by atoms with van der Waals surface area (Å²) in [6.45, 7) is 6.44. The molecule has 3 heterocycles. The topological polar surface area (TPSA) is 83.0 Å². The standard InChI is InChI=1S/C17H22ClN5O2/c1-2-3-4-22-5-6-23-14(11-22)8-13(21-23)10-20-16(24)12-7-15(18)17(25)19-9-12/h7-9H,2-6,10-11H2,1H3,(H,19,25)(H,20,24). The molecule has 1 amide bonds. The normalized spacial score (nSPS) is 14.3. The van der Waals surface area contributed by atoms with E-state index in [1.807, 2.05) is 10.7 Å². The molecule has 0 aliphatic carbocycles. The lowest BCUT2D eigenvalue weighted by molar-refractivity contribution is 0.0950. The van der Waals surface area contributed by atoms with E-state index in [4.69, 9.17) is 11.6 Å². The molecule has 8 heteroatoms. The van der Waals surface area contributed by atoms with Crippen molar-refractivity contribution in [2.45, 2.75) is 39.4 Å². The first-order valence-corrected chi connectivity index (χ1v) is 8.89. The molecular formula is C17H22ClN5O2. The Kier molecular flexibility index (Phi) is 5.55. The molecule has 1 aliphatic rings. The Bertz CT molecular complexity index is 814. The number of aromatic amines is 1. The Balaban J connectivity index is 1.59. The molecule has 2 aromatic rings. The van der Waals surface area contributed by atoms with E-state index in [2.05, 4.69) is 27.2 Å². The molecule has 3 rings (SSSR count). The largest absolute Gasteiger partial charge is 0.346 e. The van der Waals surface area contributed by atoms with E-state index in [-0.39, 0.29) is 10.9 Å².